The van der Waals surface area contributed by atoms with Crippen LogP contribution in [0.3, 0.4) is 0 Å². The van der Waals surface area contributed by atoms with Gasteiger partial charge in [0.05, 0.1) is 17.6 Å². The lowest BCUT2D eigenvalue weighted by molar-refractivity contribution is -0.137. The number of amides is 2. The van der Waals surface area contributed by atoms with E-state index in [0.717, 1.165) is 10.4 Å². The van der Waals surface area contributed by atoms with Gasteiger partial charge in [-0.1, -0.05) is 12.1 Å². The van der Waals surface area contributed by atoms with Crippen LogP contribution in [0.2, 0.25) is 0 Å². The molecule has 0 unspecified atom stereocenters. The Labute approximate surface area is 137 Å². The van der Waals surface area contributed by atoms with Crippen molar-refractivity contribution in [2.75, 3.05) is 6.54 Å². The fourth-order valence-electron chi connectivity index (χ4n) is 3.29. The molecular weight excluding hydrogens is 315 g/mol. The minimum Gasteiger partial charge on any atom is -0.368 e. The summed E-state index contributed by atoms with van der Waals surface area (Å²) in [6, 6.07) is 6.20. The molecule has 1 aromatic carbocycles. The van der Waals surface area contributed by atoms with Gasteiger partial charge in [-0.2, -0.15) is 0 Å². The van der Waals surface area contributed by atoms with Gasteiger partial charge in [0.1, 0.15) is 18.8 Å². The summed E-state index contributed by atoms with van der Waals surface area (Å²) in [5.74, 6) is -1.22. The smallest absolute Gasteiger partial charge is 0.329 e. The van der Waals surface area contributed by atoms with E-state index in [9.17, 15) is 18.8 Å². The molecular formula is C16H19FN4O3. The van der Waals surface area contributed by atoms with Crippen LogP contribution in [0.15, 0.2) is 29.1 Å². The molecule has 1 aromatic heterocycles. The highest BCUT2D eigenvalue weighted by Gasteiger charge is 2.38. The largest absolute Gasteiger partial charge is 0.368 e. The molecule has 2 aromatic rings. The van der Waals surface area contributed by atoms with Gasteiger partial charge in [-0.25, -0.2) is 9.18 Å². The topological polar surface area (TPSA) is 90.3 Å². The van der Waals surface area contributed by atoms with E-state index in [1.165, 1.54) is 4.57 Å². The van der Waals surface area contributed by atoms with Crippen molar-refractivity contribution in [3.63, 3.8) is 0 Å². The van der Waals surface area contributed by atoms with E-state index in [1.54, 1.807) is 22.8 Å². The zero-order valence-electron chi connectivity index (χ0n) is 13.3. The van der Waals surface area contributed by atoms with Crippen LogP contribution < -0.4 is 11.4 Å². The second kappa shape index (κ2) is 6.10. The molecule has 2 amide bonds. The first-order valence-corrected chi connectivity index (χ1v) is 7.85. The second-order valence-corrected chi connectivity index (χ2v) is 5.90. The van der Waals surface area contributed by atoms with Crippen molar-refractivity contribution >= 4 is 22.8 Å². The molecule has 0 spiro atoms. The van der Waals surface area contributed by atoms with E-state index in [4.69, 9.17) is 5.73 Å². The number of primary amides is 1. The van der Waals surface area contributed by atoms with E-state index >= 15 is 0 Å². The number of aromatic nitrogens is 2. The predicted octanol–water partition coefficient (Wildman–Crippen LogP) is 0.247. The average molecular weight is 334 g/mol. The monoisotopic (exact) mass is 334 g/mol. The lowest BCUT2D eigenvalue weighted by atomic mass is 10.2. The molecule has 7 nitrogen and oxygen atoms in total. The van der Waals surface area contributed by atoms with Crippen LogP contribution in [0.4, 0.5) is 4.39 Å². The van der Waals surface area contributed by atoms with Gasteiger partial charge in [0.2, 0.25) is 11.8 Å². The normalized spacial score (nSPS) is 20.7. The number of para-hydroxylation sites is 2. The Morgan fingerprint density at radius 2 is 1.88 bits per heavy atom. The minimum absolute atomic E-state index is 0.0906. The molecule has 1 saturated heterocycles. The van der Waals surface area contributed by atoms with Gasteiger partial charge in [0.15, 0.2) is 0 Å². The maximum atomic E-state index is 13.6. The third kappa shape index (κ3) is 2.57. The highest BCUT2D eigenvalue weighted by Crippen LogP contribution is 2.21. The van der Waals surface area contributed by atoms with Crippen molar-refractivity contribution in [2.24, 2.45) is 5.73 Å². The predicted molar refractivity (Wildman–Crippen MR) is 86.1 cm³/mol. The molecule has 1 aliphatic rings. The SMILES string of the molecule is CCn1c(=O)n(CC(=O)N2C[C@H](F)C[C@H]2C(N)=O)c2ccccc21. The molecule has 1 fully saturated rings. The van der Waals surface area contributed by atoms with E-state index in [-0.39, 0.29) is 25.2 Å². The minimum atomic E-state index is -1.28. The first kappa shape index (κ1) is 16.2. The zero-order valence-corrected chi connectivity index (χ0v) is 13.3. The standard InChI is InChI=1S/C16H19FN4O3/c1-2-19-11-5-3-4-6-12(11)21(16(19)24)9-14(22)20-8-10(17)7-13(20)15(18)23/h3-6,10,13H,2,7-9H2,1H3,(H2,18,23)/t10-,13+/m1/s1. The number of halogens is 1. The van der Waals surface area contributed by atoms with Crippen LogP contribution in [0.25, 0.3) is 11.0 Å². The van der Waals surface area contributed by atoms with Crippen molar-refractivity contribution in [1.82, 2.24) is 14.0 Å². The van der Waals surface area contributed by atoms with E-state index in [0.29, 0.717) is 12.1 Å². The Morgan fingerprint density at radius 3 is 2.46 bits per heavy atom. The summed E-state index contributed by atoms with van der Waals surface area (Å²) in [5, 5.41) is 0. The number of hydrogen-bond donors (Lipinski definition) is 1. The van der Waals surface area contributed by atoms with Crippen molar-refractivity contribution in [1.29, 1.82) is 0 Å². The summed E-state index contributed by atoms with van der Waals surface area (Å²) in [5.41, 5.74) is 6.31. The summed E-state index contributed by atoms with van der Waals surface area (Å²) < 4.78 is 16.5. The Bertz CT molecular complexity index is 857. The molecule has 0 saturated carbocycles. The molecule has 2 atom stereocenters. The average Bonchev–Trinajstić information content (AvgIpc) is 3.07. The highest BCUT2D eigenvalue weighted by atomic mass is 19.1. The number of alkyl halides is 1. The van der Waals surface area contributed by atoms with Crippen molar-refractivity contribution < 1.29 is 14.0 Å². The molecule has 128 valence electrons. The van der Waals surface area contributed by atoms with E-state index in [1.807, 2.05) is 13.0 Å². The molecule has 0 aliphatic carbocycles. The molecule has 2 N–H and O–H groups in total. The lowest BCUT2D eigenvalue weighted by Crippen LogP contribution is -2.45. The first-order valence-electron chi connectivity index (χ1n) is 7.85. The maximum absolute atomic E-state index is 13.6. The van der Waals surface area contributed by atoms with E-state index < -0.39 is 24.0 Å². The summed E-state index contributed by atoms with van der Waals surface area (Å²) >= 11 is 0. The Hall–Kier alpha value is -2.64. The lowest BCUT2D eigenvalue weighted by Gasteiger charge is -2.21. The second-order valence-electron chi connectivity index (χ2n) is 5.90. The molecule has 24 heavy (non-hydrogen) atoms. The van der Waals surface area contributed by atoms with Crippen molar-refractivity contribution in [3.05, 3.63) is 34.7 Å². The highest BCUT2D eigenvalue weighted by molar-refractivity contribution is 5.88. The van der Waals surface area contributed by atoms with E-state index in [2.05, 4.69) is 0 Å². The quantitative estimate of drug-likeness (QED) is 0.869. The third-order valence-electron chi connectivity index (χ3n) is 4.43. The van der Waals surface area contributed by atoms with Crippen LogP contribution in [-0.4, -0.2) is 44.6 Å². The number of nitrogens with two attached hydrogens (primary N) is 1. The Balaban J connectivity index is 1.95. The van der Waals surface area contributed by atoms with Crippen LogP contribution in [0.1, 0.15) is 13.3 Å². The number of nitrogens with zero attached hydrogens (tertiary/aromatic N) is 3. The van der Waals surface area contributed by atoms with Gasteiger partial charge in [-0.3, -0.25) is 18.7 Å². The van der Waals surface area contributed by atoms with Crippen LogP contribution in [0, 0.1) is 0 Å². The molecule has 0 radical (unpaired) electrons. The number of fused-ring (bicyclic) bond motifs is 1. The molecule has 8 heteroatoms. The molecule has 1 aliphatic heterocycles. The van der Waals surface area contributed by atoms with Crippen molar-refractivity contribution in [2.45, 2.75) is 38.6 Å². The number of aryl methyl sites for hydroxylation is 1. The van der Waals surface area contributed by atoms with Crippen LogP contribution >= 0.6 is 0 Å². The Morgan fingerprint density at radius 1 is 1.25 bits per heavy atom. The number of likely N-dealkylation sites (tertiary alicyclic amines) is 1. The Kier molecular flexibility index (Phi) is 4.13. The summed E-state index contributed by atoms with van der Waals surface area (Å²) in [6.07, 6.45) is -1.37. The van der Waals surface area contributed by atoms with Crippen LogP contribution in [0.5, 0.6) is 0 Å². The van der Waals surface area contributed by atoms with Crippen molar-refractivity contribution in [3.8, 4) is 0 Å². The number of hydrogen-bond acceptors (Lipinski definition) is 3. The number of carbonyl (C=O) groups is 2. The summed E-state index contributed by atoms with van der Waals surface area (Å²) in [7, 11) is 0. The number of benzene rings is 1. The van der Waals surface area contributed by atoms with Gasteiger partial charge in [0, 0.05) is 13.0 Å². The zero-order chi connectivity index (χ0) is 17.4. The molecule has 0 bridgehead atoms. The molecule has 3 rings (SSSR count). The number of imidazole rings is 1. The van der Waals surface area contributed by atoms with Gasteiger partial charge in [-0.05, 0) is 19.1 Å². The van der Waals surface area contributed by atoms with Gasteiger partial charge < -0.3 is 10.6 Å². The van der Waals surface area contributed by atoms with Crippen LogP contribution in [-0.2, 0) is 22.7 Å². The molecule has 2 heterocycles. The van der Waals surface area contributed by atoms with Gasteiger partial charge in [0.25, 0.3) is 0 Å². The number of rotatable bonds is 4. The maximum Gasteiger partial charge on any atom is 0.329 e. The number of carbonyl (C=O) groups excluding carboxylic acids is 2. The third-order valence-corrected chi connectivity index (χ3v) is 4.43. The summed E-state index contributed by atoms with van der Waals surface area (Å²) in [6.45, 7) is 1.90. The first-order chi connectivity index (χ1) is 11.4. The van der Waals surface area contributed by atoms with Gasteiger partial charge in [-0.15, -0.1) is 0 Å². The fraction of sp³-hybridized carbons (Fsp3) is 0.438. The van der Waals surface area contributed by atoms with Gasteiger partial charge >= 0.3 is 5.69 Å². The summed E-state index contributed by atoms with van der Waals surface area (Å²) in [4.78, 5) is 37.7. The fourth-order valence-corrected chi connectivity index (χ4v) is 3.29.